The summed E-state index contributed by atoms with van der Waals surface area (Å²) < 4.78 is 0.915. The molecule has 0 aliphatic heterocycles. The van der Waals surface area contributed by atoms with E-state index in [0.29, 0.717) is 11.6 Å². The van der Waals surface area contributed by atoms with Gasteiger partial charge in [0.15, 0.2) is 0 Å². The van der Waals surface area contributed by atoms with Crippen molar-refractivity contribution in [3.05, 3.63) is 33.3 Å². The van der Waals surface area contributed by atoms with Gasteiger partial charge in [-0.2, -0.15) is 0 Å². The molecule has 1 aromatic carbocycles. The molecular formula is C12H17BrClNO. The van der Waals surface area contributed by atoms with Crippen molar-refractivity contribution < 1.29 is 5.11 Å². The maximum atomic E-state index is 10.3. The molecule has 2 N–H and O–H groups in total. The van der Waals surface area contributed by atoms with E-state index in [2.05, 4.69) is 28.2 Å². The number of aliphatic hydroxyl groups is 1. The Balaban J connectivity index is 2.80. The molecular weight excluding hydrogens is 289 g/mol. The van der Waals surface area contributed by atoms with E-state index in [-0.39, 0.29) is 0 Å². The Morgan fingerprint density at radius 2 is 2.19 bits per heavy atom. The molecule has 0 amide bonds. The van der Waals surface area contributed by atoms with Crippen LogP contribution in [0.25, 0.3) is 0 Å². The van der Waals surface area contributed by atoms with Crippen molar-refractivity contribution in [2.24, 2.45) is 0 Å². The van der Waals surface area contributed by atoms with Crippen molar-refractivity contribution in [3.8, 4) is 0 Å². The van der Waals surface area contributed by atoms with E-state index in [4.69, 9.17) is 11.6 Å². The molecule has 2 nitrogen and oxygen atoms in total. The molecule has 1 aromatic rings. The molecule has 0 bridgehead atoms. The second kappa shape index (κ2) is 6.01. The smallest absolute Gasteiger partial charge is 0.101 e. The highest BCUT2D eigenvalue weighted by atomic mass is 79.9. The van der Waals surface area contributed by atoms with E-state index in [0.717, 1.165) is 23.0 Å². The molecule has 1 rings (SSSR count). The molecule has 90 valence electrons. The lowest BCUT2D eigenvalue weighted by Crippen LogP contribution is -2.36. The number of benzene rings is 1. The molecule has 4 heteroatoms. The van der Waals surface area contributed by atoms with Crippen LogP contribution in [0.5, 0.6) is 0 Å². The van der Waals surface area contributed by atoms with Gasteiger partial charge in [0.2, 0.25) is 0 Å². The molecule has 1 atom stereocenters. The zero-order valence-electron chi connectivity index (χ0n) is 9.56. The molecule has 0 saturated carbocycles. The number of rotatable bonds is 5. The second-order valence-electron chi connectivity index (χ2n) is 4.07. The summed E-state index contributed by atoms with van der Waals surface area (Å²) in [5.74, 6) is 0. The van der Waals surface area contributed by atoms with Crippen LogP contribution in [-0.2, 0) is 5.60 Å². The van der Waals surface area contributed by atoms with Crippen molar-refractivity contribution in [3.63, 3.8) is 0 Å². The Morgan fingerprint density at radius 1 is 1.50 bits per heavy atom. The Labute approximate surface area is 110 Å². The Hall–Kier alpha value is -0.0900. The minimum atomic E-state index is -0.938. The molecule has 0 radical (unpaired) electrons. The molecule has 0 aromatic heterocycles. The molecule has 0 aliphatic rings. The quantitative estimate of drug-likeness (QED) is 0.818. The lowest BCUT2D eigenvalue weighted by atomic mass is 9.96. The Morgan fingerprint density at radius 3 is 2.75 bits per heavy atom. The van der Waals surface area contributed by atoms with Crippen molar-refractivity contribution >= 4 is 27.5 Å². The highest BCUT2D eigenvalue weighted by molar-refractivity contribution is 9.10. The van der Waals surface area contributed by atoms with Crippen molar-refractivity contribution in [2.75, 3.05) is 13.1 Å². The van der Waals surface area contributed by atoms with Crippen LogP contribution < -0.4 is 5.32 Å². The monoisotopic (exact) mass is 305 g/mol. The number of nitrogens with one attached hydrogen (secondary N) is 1. The van der Waals surface area contributed by atoms with Gasteiger partial charge < -0.3 is 10.4 Å². The first-order chi connectivity index (χ1) is 7.47. The van der Waals surface area contributed by atoms with Gasteiger partial charge in [-0.25, -0.2) is 0 Å². The van der Waals surface area contributed by atoms with Gasteiger partial charge >= 0.3 is 0 Å². The average Bonchev–Trinajstić information content (AvgIpc) is 2.17. The first kappa shape index (κ1) is 14.0. The highest BCUT2D eigenvalue weighted by Gasteiger charge is 2.25. The largest absolute Gasteiger partial charge is 0.384 e. The third-order valence-electron chi connectivity index (χ3n) is 2.41. The summed E-state index contributed by atoms with van der Waals surface area (Å²) in [7, 11) is 0. The van der Waals surface area contributed by atoms with Crippen molar-refractivity contribution in [1.29, 1.82) is 0 Å². The normalized spacial score (nSPS) is 14.8. The zero-order valence-corrected chi connectivity index (χ0v) is 11.9. The maximum Gasteiger partial charge on any atom is 0.101 e. The van der Waals surface area contributed by atoms with Gasteiger partial charge in [0.05, 0.1) is 0 Å². The van der Waals surface area contributed by atoms with E-state index in [1.807, 2.05) is 12.1 Å². The van der Waals surface area contributed by atoms with Gasteiger partial charge in [-0.3, -0.25) is 0 Å². The van der Waals surface area contributed by atoms with E-state index >= 15 is 0 Å². The van der Waals surface area contributed by atoms with Gasteiger partial charge in [-0.15, -0.1) is 0 Å². The van der Waals surface area contributed by atoms with E-state index in [1.165, 1.54) is 0 Å². The van der Waals surface area contributed by atoms with Crippen LogP contribution in [0, 0.1) is 0 Å². The average molecular weight is 307 g/mol. The van der Waals surface area contributed by atoms with Crippen LogP contribution in [0.2, 0.25) is 5.02 Å². The van der Waals surface area contributed by atoms with E-state index in [9.17, 15) is 5.11 Å². The van der Waals surface area contributed by atoms with Crippen molar-refractivity contribution in [2.45, 2.75) is 25.9 Å². The number of hydrogen-bond donors (Lipinski definition) is 2. The fraction of sp³-hybridized carbons (Fsp3) is 0.500. The van der Waals surface area contributed by atoms with Crippen molar-refractivity contribution in [1.82, 2.24) is 5.32 Å². The maximum absolute atomic E-state index is 10.3. The molecule has 0 aliphatic carbocycles. The number of halogens is 2. The van der Waals surface area contributed by atoms with Crippen LogP contribution in [0.1, 0.15) is 25.8 Å². The molecule has 1 unspecified atom stereocenters. The molecule has 0 saturated heterocycles. The lowest BCUT2D eigenvalue weighted by molar-refractivity contribution is 0.0573. The lowest BCUT2D eigenvalue weighted by Gasteiger charge is -2.25. The SMILES string of the molecule is CCCNCC(C)(O)c1ccc(Br)cc1Cl. The van der Waals surface area contributed by atoms with Crippen LogP contribution in [0.4, 0.5) is 0 Å². The molecule has 0 spiro atoms. The van der Waals surface area contributed by atoms with E-state index in [1.54, 1.807) is 13.0 Å². The standard InChI is InChI=1S/C12H17BrClNO/c1-3-6-15-8-12(2,16)10-5-4-9(13)7-11(10)14/h4-5,7,15-16H,3,6,8H2,1-2H3. The fourth-order valence-corrected chi connectivity index (χ4v) is 2.41. The summed E-state index contributed by atoms with van der Waals surface area (Å²) in [5.41, 5.74) is -0.187. The van der Waals surface area contributed by atoms with Gasteiger partial charge in [-0.05, 0) is 32.0 Å². The predicted molar refractivity (Wildman–Crippen MR) is 71.9 cm³/mol. The first-order valence-electron chi connectivity index (χ1n) is 5.36. The fourth-order valence-electron chi connectivity index (χ4n) is 1.53. The van der Waals surface area contributed by atoms with Crippen LogP contribution in [0.15, 0.2) is 22.7 Å². The summed E-state index contributed by atoms with van der Waals surface area (Å²) in [6.45, 7) is 5.26. The predicted octanol–water partition coefficient (Wildman–Crippen LogP) is 3.31. The third kappa shape index (κ3) is 3.74. The van der Waals surface area contributed by atoms with Gasteiger partial charge in [-0.1, -0.05) is 40.5 Å². The van der Waals surface area contributed by atoms with Crippen LogP contribution in [0.3, 0.4) is 0 Å². The minimum Gasteiger partial charge on any atom is -0.384 e. The highest BCUT2D eigenvalue weighted by Crippen LogP contribution is 2.29. The summed E-state index contributed by atoms with van der Waals surface area (Å²) >= 11 is 9.45. The topological polar surface area (TPSA) is 32.3 Å². The van der Waals surface area contributed by atoms with Crippen LogP contribution in [-0.4, -0.2) is 18.2 Å². The minimum absolute atomic E-state index is 0.502. The molecule has 16 heavy (non-hydrogen) atoms. The van der Waals surface area contributed by atoms with E-state index < -0.39 is 5.60 Å². The summed E-state index contributed by atoms with van der Waals surface area (Å²) in [6, 6.07) is 5.53. The molecule has 0 fully saturated rings. The summed E-state index contributed by atoms with van der Waals surface area (Å²) in [5, 5.41) is 14.1. The molecule has 0 heterocycles. The Kier molecular flexibility index (Phi) is 5.25. The second-order valence-corrected chi connectivity index (χ2v) is 5.40. The number of hydrogen-bond acceptors (Lipinski definition) is 2. The first-order valence-corrected chi connectivity index (χ1v) is 6.53. The summed E-state index contributed by atoms with van der Waals surface area (Å²) in [6.07, 6.45) is 1.05. The summed E-state index contributed by atoms with van der Waals surface area (Å²) in [4.78, 5) is 0. The van der Waals surface area contributed by atoms with Gasteiger partial charge in [0, 0.05) is 21.6 Å². The third-order valence-corrected chi connectivity index (χ3v) is 3.21. The Bertz CT molecular complexity index is 355. The van der Waals surface area contributed by atoms with Crippen LogP contribution >= 0.6 is 27.5 Å². The van der Waals surface area contributed by atoms with Gasteiger partial charge in [0.25, 0.3) is 0 Å². The zero-order chi connectivity index (χ0) is 12.2. The van der Waals surface area contributed by atoms with Gasteiger partial charge in [0.1, 0.15) is 5.60 Å².